The number of halogens is 6. The first kappa shape index (κ1) is 46.7. The molecule has 59 heavy (non-hydrogen) atoms. The molecule has 0 spiro atoms. The van der Waals surface area contributed by atoms with Crippen LogP contribution in [-0.2, 0) is 24.6 Å². The normalized spacial score (nSPS) is 14.6. The summed E-state index contributed by atoms with van der Waals surface area (Å²) in [6.45, 7) is 17.3. The smallest absolute Gasteiger partial charge is 0.233 e. The monoisotopic (exact) mass is 862 g/mol. The number of ketones is 4. The Kier molecular flexibility index (Phi) is 14.3. The molecule has 308 valence electrons. The third-order valence-electron chi connectivity index (χ3n) is 9.30. The minimum atomic E-state index is -0.731. The van der Waals surface area contributed by atoms with Crippen LogP contribution in [0.25, 0.3) is 22.3 Å². The van der Waals surface area contributed by atoms with Gasteiger partial charge in [0.1, 0.15) is 23.2 Å². The third-order valence-corrected chi connectivity index (χ3v) is 10.2. The van der Waals surface area contributed by atoms with Crippen LogP contribution in [-0.4, -0.2) is 28.2 Å². The van der Waals surface area contributed by atoms with Crippen LogP contribution in [0, 0.1) is 28.3 Å². The molecule has 0 fully saturated rings. The summed E-state index contributed by atoms with van der Waals surface area (Å²) in [6.07, 6.45) is 5.55. The van der Waals surface area contributed by atoms with Crippen LogP contribution in [0.15, 0.2) is 108 Å². The van der Waals surface area contributed by atoms with Crippen molar-refractivity contribution in [3.63, 3.8) is 0 Å². The number of aromatic hydroxyl groups is 1. The number of phenols is 1. The van der Waals surface area contributed by atoms with Crippen LogP contribution >= 0.6 is 34.8 Å². The molecule has 1 N–H and O–H groups in total. The van der Waals surface area contributed by atoms with E-state index in [0.717, 1.165) is 11.6 Å². The predicted octanol–water partition coefficient (Wildman–Crippen LogP) is 13.1. The average molecular weight is 864 g/mol. The predicted molar refractivity (Wildman–Crippen MR) is 231 cm³/mol. The van der Waals surface area contributed by atoms with Gasteiger partial charge < -0.3 is 5.11 Å². The molecule has 0 saturated carbocycles. The highest BCUT2D eigenvalue weighted by Crippen LogP contribution is 2.39. The second kappa shape index (κ2) is 18.1. The van der Waals surface area contributed by atoms with E-state index in [1.54, 1.807) is 36.4 Å². The summed E-state index contributed by atoms with van der Waals surface area (Å²) in [6, 6.07) is 18.1. The zero-order valence-electron chi connectivity index (χ0n) is 34.1. The van der Waals surface area contributed by atoms with Gasteiger partial charge in [-0.05, 0) is 111 Å². The number of hydrogen-bond donors (Lipinski definition) is 1. The third kappa shape index (κ3) is 11.2. The molecule has 2 aliphatic carbocycles. The lowest BCUT2D eigenvalue weighted by atomic mass is 9.78. The Morgan fingerprint density at radius 1 is 0.508 bits per heavy atom. The Bertz CT molecular complexity index is 2430. The van der Waals surface area contributed by atoms with Crippen molar-refractivity contribution in [3.8, 4) is 16.9 Å². The van der Waals surface area contributed by atoms with Crippen LogP contribution in [0.5, 0.6) is 5.75 Å². The maximum absolute atomic E-state index is 14.0. The van der Waals surface area contributed by atoms with Gasteiger partial charge in [-0.1, -0.05) is 121 Å². The van der Waals surface area contributed by atoms with Crippen molar-refractivity contribution < 1.29 is 37.5 Å². The first-order chi connectivity index (χ1) is 27.2. The molecule has 0 unspecified atom stereocenters. The van der Waals surface area contributed by atoms with Gasteiger partial charge in [0.15, 0.2) is 0 Å². The Balaban J connectivity index is 0.000000196. The molecule has 0 saturated heterocycles. The van der Waals surface area contributed by atoms with E-state index in [1.165, 1.54) is 48.5 Å². The standard InChI is InChI=1S/2C16H14ClFO2.C16H16ClFO/c1-16(2,3)9-7-10(15(20)13(19)8-9)14-11(17)5-4-6-12(14)18;1-16(2,3)10-7-9(8-13(19)15(10)20)14-11(17)5-4-6-12(14)18;1-16(2,3)11-7-10(8-12(19)9-11)15-13(17)5-4-6-14(15)18/h2*4-8H,1-3H3;4-9,19H,1-3H3. The summed E-state index contributed by atoms with van der Waals surface area (Å²) < 4.78 is 41.8. The average Bonchev–Trinajstić information content (AvgIpc) is 3.10. The van der Waals surface area contributed by atoms with Gasteiger partial charge in [0, 0.05) is 27.8 Å². The molecule has 0 aromatic heterocycles. The van der Waals surface area contributed by atoms with Crippen molar-refractivity contribution in [3.05, 3.63) is 157 Å². The van der Waals surface area contributed by atoms with Crippen molar-refractivity contribution in [2.75, 3.05) is 0 Å². The fraction of sp³-hybridized carbons (Fsp3) is 0.250. The highest BCUT2D eigenvalue weighted by Gasteiger charge is 2.33. The highest BCUT2D eigenvalue weighted by molar-refractivity contribution is 6.58. The largest absolute Gasteiger partial charge is 0.508 e. The minimum Gasteiger partial charge on any atom is -0.508 e. The molecule has 2 aliphatic rings. The van der Waals surface area contributed by atoms with E-state index in [1.807, 2.05) is 68.4 Å². The van der Waals surface area contributed by atoms with Gasteiger partial charge >= 0.3 is 0 Å². The number of rotatable bonds is 3. The van der Waals surface area contributed by atoms with Crippen molar-refractivity contribution in [1.82, 2.24) is 0 Å². The van der Waals surface area contributed by atoms with Crippen LogP contribution in [0.3, 0.4) is 0 Å². The van der Waals surface area contributed by atoms with Gasteiger partial charge in [-0.3, -0.25) is 19.2 Å². The topological polar surface area (TPSA) is 88.5 Å². The van der Waals surface area contributed by atoms with Crippen molar-refractivity contribution in [2.45, 2.75) is 67.7 Å². The van der Waals surface area contributed by atoms with E-state index in [0.29, 0.717) is 32.9 Å². The Morgan fingerprint density at radius 3 is 1.44 bits per heavy atom. The molecule has 5 nitrogen and oxygen atoms in total. The maximum Gasteiger partial charge on any atom is 0.233 e. The lowest BCUT2D eigenvalue weighted by molar-refractivity contribution is -0.132. The first-order valence-corrected chi connectivity index (χ1v) is 19.6. The molecule has 11 heteroatoms. The van der Waals surface area contributed by atoms with E-state index in [-0.39, 0.29) is 43.3 Å². The molecule has 0 atom stereocenters. The van der Waals surface area contributed by atoms with Gasteiger partial charge in [0.05, 0.1) is 15.1 Å². The van der Waals surface area contributed by atoms with Crippen LogP contribution in [0.2, 0.25) is 15.1 Å². The quantitative estimate of drug-likeness (QED) is 0.164. The highest BCUT2D eigenvalue weighted by atomic mass is 35.5. The van der Waals surface area contributed by atoms with E-state index in [9.17, 15) is 37.5 Å². The number of Topliss-reactive ketones (excluding diaryl/α,β-unsaturated/α-hetero) is 2. The summed E-state index contributed by atoms with van der Waals surface area (Å²) in [4.78, 5) is 47.6. The lowest BCUT2D eigenvalue weighted by Gasteiger charge is -2.24. The molecule has 6 rings (SSSR count). The number of benzene rings is 4. The van der Waals surface area contributed by atoms with Crippen molar-refractivity contribution >= 4 is 69.1 Å². The number of phenolic OH excluding ortho intramolecular Hbond substituents is 1. The van der Waals surface area contributed by atoms with Crippen LogP contribution in [0.4, 0.5) is 13.2 Å². The molecular formula is C48H44Cl3F3O5. The van der Waals surface area contributed by atoms with Crippen molar-refractivity contribution in [2.24, 2.45) is 10.8 Å². The Hall–Kier alpha value is -5.02. The van der Waals surface area contributed by atoms with E-state index >= 15 is 0 Å². The zero-order valence-corrected chi connectivity index (χ0v) is 36.4. The number of carbonyl (C=O) groups is 4. The first-order valence-electron chi connectivity index (χ1n) is 18.4. The van der Waals surface area contributed by atoms with Crippen LogP contribution in [0.1, 0.15) is 79.0 Å². The molecule has 0 radical (unpaired) electrons. The summed E-state index contributed by atoms with van der Waals surface area (Å²) in [7, 11) is 0. The van der Waals surface area contributed by atoms with Crippen molar-refractivity contribution in [1.29, 1.82) is 0 Å². The second-order valence-electron chi connectivity index (χ2n) is 17.0. The second-order valence-corrected chi connectivity index (χ2v) is 18.2. The fourth-order valence-corrected chi connectivity index (χ4v) is 6.82. The molecule has 0 bridgehead atoms. The molecule has 0 heterocycles. The molecule has 0 amide bonds. The van der Waals surface area contributed by atoms with E-state index in [4.69, 9.17) is 34.8 Å². The van der Waals surface area contributed by atoms with E-state index < -0.39 is 46.0 Å². The molecule has 4 aromatic carbocycles. The van der Waals surface area contributed by atoms with Gasteiger partial charge in [0.2, 0.25) is 23.1 Å². The fourth-order valence-electron chi connectivity index (χ4n) is 6.02. The van der Waals surface area contributed by atoms with Gasteiger partial charge in [-0.15, -0.1) is 0 Å². The number of hydrogen-bond acceptors (Lipinski definition) is 5. The zero-order chi connectivity index (χ0) is 44.4. The Morgan fingerprint density at radius 2 is 0.983 bits per heavy atom. The van der Waals surface area contributed by atoms with Gasteiger partial charge in [0.25, 0.3) is 0 Å². The van der Waals surface area contributed by atoms with Crippen LogP contribution < -0.4 is 0 Å². The summed E-state index contributed by atoms with van der Waals surface area (Å²) in [5.74, 6) is -3.98. The number of allylic oxidation sites excluding steroid dienone is 8. The SMILES string of the molecule is CC(C)(C)C1=CC(=O)C(=O)C(c2c(F)cccc2Cl)=C1.CC(C)(C)C1=CC(c2c(F)cccc2Cl)=CC(=O)C1=O.CC(C)(C)c1cc(O)cc(-c2c(F)cccc2Cl)c1. The van der Waals surface area contributed by atoms with E-state index in [2.05, 4.69) is 0 Å². The molecular weight excluding hydrogens is 820 g/mol. The minimum absolute atomic E-state index is 0.0117. The van der Waals surface area contributed by atoms with Gasteiger partial charge in [-0.2, -0.15) is 0 Å². The summed E-state index contributed by atoms with van der Waals surface area (Å²) in [5.41, 5.74) is 2.43. The summed E-state index contributed by atoms with van der Waals surface area (Å²) in [5, 5.41) is 10.5. The maximum atomic E-state index is 14.0. The lowest BCUT2D eigenvalue weighted by Crippen LogP contribution is -2.26. The summed E-state index contributed by atoms with van der Waals surface area (Å²) >= 11 is 18.0. The Labute approximate surface area is 357 Å². The molecule has 4 aromatic rings. The number of carbonyl (C=O) groups excluding carboxylic acids is 4. The van der Waals surface area contributed by atoms with Gasteiger partial charge in [-0.25, -0.2) is 13.2 Å². The molecule has 0 aliphatic heterocycles.